The summed E-state index contributed by atoms with van der Waals surface area (Å²) < 4.78 is 2.28. The maximum absolute atomic E-state index is 6.05. The molecule has 0 fully saturated rings. The molecular formula is C17H20N4. The van der Waals surface area contributed by atoms with Crippen LogP contribution in [0.15, 0.2) is 48.8 Å². The fraction of sp³-hybridized carbons (Fsp3) is 0.294. The number of rotatable bonds is 5. The third kappa shape index (κ3) is 2.54. The normalized spacial score (nSPS) is 12.7. The molecule has 3 rings (SSSR count). The van der Waals surface area contributed by atoms with Gasteiger partial charge < -0.3 is 10.3 Å². The lowest BCUT2D eigenvalue weighted by Gasteiger charge is -2.17. The van der Waals surface area contributed by atoms with E-state index in [2.05, 4.69) is 28.6 Å². The van der Waals surface area contributed by atoms with Crippen LogP contribution in [0.25, 0.3) is 11.0 Å². The van der Waals surface area contributed by atoms with Crippen molar-refractivity contribution in [3.8, 4) is 0 Å². The van der Waals surface area contributed by atoms with Crippen LogP contribution in [-0.4, -0.2) is 21.1 Å². The third-order valence-electron chi connectivity index (χ3n) is 3.78. The molecule has 108 valence electrons. The van der Waals surface area contributed by atoms with E-state index in [1.165, 1.54) is 5.56 Å². The van der Waals surface area contributed by atoms with Crippen molar-refractivity contribution in [1.29, 1.82) is 0 Å². The Hall–Kier alpha value is -2.20. The second-order valence-corrected chi connectivity index (χ2v) is 5.19. The van der Waals surface area contributed by atoms with Gasteiger partial charge in [-0.05, 0) is 18.1 Å². The summed E-state index contributed by atoms with van der Waals surface area (Å²) in [6.45, 7) is 3.67. The number of aryl methyl sites for hydroxylation is 1. The Kier molecular flexibility index (Phi) is 3.97. The quantitative estimate of drug-likeness (QED) is 0.781. The molecule has 1 atom stereocenters. The van der Waals surface area contributed by atoms with Crippen molar-refractivity contribution in [2.24, 2.45) is 5.73 Å². The zero-order chi connectivity index (χ0) is 14.7. The van der Waals surface area contributed by atoms with E-state index in [-0.39, 0.29) is 5.92 Å². The molecule has 0 amide bonds. The van der Waals surface area contributed by atoms with E-state index in [0.717, 1.165) is 29.8 Å². The Morgan fingerprint density at radius 3 is 2.71 bits per heavy atom. The highest BCUT2D eigenvalue weighted by Gasteiger charge is 2.20. The fourth-order valence-electron chi connectivity index (χ4n) is 2.80. The summed E-state index contributed by atoms with van der Waals surface area (Å²) >= 11 is 0. The number of pyridine rings is 1. The monoisotopic (exact) mass is 280 g/mol. The lowest BCUT2D eigenvalue weighted by molar-refractivity contribution is 0.621. The molecule has 0 saturated heterocycles. The van der Waals surface area contributed by atoms with Gasteiger partial charge in [0.05, 0.1) is 17.6 Å². The number of benzene rings is 1. The van der Waals surface area contributed by atoms with Crippen LogP contribution in [0.4, 0.5) is 0 Å². The molecule has 1 unspecified atom stereocenters. The van der Waals surface area contributed by atoms with Gasteiger partial charge in [-0.3, -0.25) is 4.98 Å². The van der Waals surface area contributed by atoms with Crippen molar-refractivity contribution in [2.75, 3.05) is 6.54 Å². The minimum atomic E-state index is 0.116. The van der Waals surface area contributed by atoms with E-state index in [0.29, 0.717) is 6.54 Å². The Labute approximate surface area is 124 Å². The number of fused-ring (bicyclic) bond motifs is 1. The van der Waals surface area contributed by atoms with Crippen LogP contribution in [0.2, 0.25) is 0 Å². The summed E-state index contributed by atoms with van der Waals surface area (Å²) in [6, 6.07) is 12.4. The second-order valence-electron chi connectivity index (χ2n) is 5.19. The first-order valence-corrected chi connectivity index (χ1v) is 7.40. The maximum Gasteiger partial charge on any atom is 0.118 e. The molecule has 2 N–H and O–H groups in total. The molecule has 4 heteroatoms. The molecule has 2 aromatic heterocycles. The topological polar surface area (TPSA) is 56.7 Å². The van der Waals surface area contributed by atoms with Crippen LogP contribution in [0.5, 0.6) is 0 Å². The molecule has 21 heavy (non-hydrogen) atoms. The average molecular weight is 280 g/mol. The standard InChI is InChI=1S/C17H20N4/c1-2-10-21-16-8-9-19-12-15(16)20-17(21)14(11-18)13-6-4-3-5-7-13/h3-9,12,14H,2,10-11,18H2,1H3. The molecule has 0 aliphatic heterocycles. The van der Waals surface area contributed by atoms with Crippen LogP contribution >= 0.6 is 0 Å². The summed E-state index contributed by atoms with van der Waals surface area (Å²) in [5.41, 5.74) is 9.34. The number of nitrogens with zero attached hydrogens (tertiary/aromatic N) is 3. The van der Waals surface area contributed by atoms with Gasteiger partial charge in [0.25, 0.3) is 0 Å². The summed E-state index contributed by atoms with van der Waals surface area (Å²) in [6.07, 6.45) is 4.70. The van der Waals surface area contributed by atoms with Crippen molar-refractivity contribution in [1.82, 2.24) is 14.5 Å². The number of hydrogen-bond acceptors (Lipinski definition) is 3. The minimum Gasteiger partial charge on any atom is -0.329 e. The molecule has 0 radical (unpaired) electrons. The van der Waals surface area contributed by atoms with Gasteiger partial charge >= 0.3 is 0 Å². The molecule has 0 spiro atoms. The Balaban J connectivity index is 2.15. The molecule has 4 nitrogen and oxygen atoms in total. The fourth-order valence-corrected chi connectivity index (χ4v) is 2.80. The van der Waals surface area contributed by atoms with Crippen LogP contribution in [-0.2, 0) is 6.54 Å². The zero-order valence-corrected chi connectivity index (χ0v) is 12.2. The van der Waals surface area contributed by atoms with E-state index >= 15 is 0 Å². The summed E-state index contributed by atoms with van der Waals surface area (Å²) in [5, 5.41) is 0. The zero-order valence-electron chi connectivity index (χ0n) is 12.2. The van der Waals surface area contributed by atoms with E-state index in [1.807, 2.05) is 36.7 Å². The van der Waals surface area contributed by atoms with Crippen molar-refractivity contribution in [2.45, 2.75) is 25.8 Å². The first-order valence-electron chi connectivity index (χ1n) is 7.40. The van der Waals surface area contributed by atoms with Crippen LogP contribution < -0.4 is 5.73 Å². The Morgan fingerprint density at radius 1 is 1.19 bits per heavy atom. The largest absolute Gasteiger partial charge is 0.329 e. The van der Waals surface area contributed by atoms with Crippen molar-refractivity contribution >= 4 is 11.0 Å². The summed E-state index contributed by atoms with van der Waals surface area (Å²) in [7, 11) is 0. The maximum atomic E-state index is 6.05. The van der Waals surface area contributed by atoms with Crippen molar-refractivity contribution in [3.63, 3.8) is 0 Å². The van der Waals surface area contributed by atoms with Gasteiger partial charge in [0.2, 0.25) is 0 Å². The summed E-state index contributed by atoms with van der Waals surface area (Å²) in [5.74, 6) is 1.15. The molecule has 0 aliphatic rings. The van der Waals surface area contributed by atoms with Gasteiger partial charge in [0, 0.05) is 19.3 Å². The highest BCUT2D eigenvalue weighted by molar-refractivity contribution is 5.75. The van der Waals surface area contributed by atoms with Gasteiger partial charge in [-0.25, -0.2) is 4.98 Å². The van der Waals surface area contributed by atoms with Crippen molar-refractivity contribution in [3.05, 3.63) is 60.2 Å². The molecule has 3 aromatic rings. The van der Waals surface area contributed by atoms with E-state index in [1.54, 1.807) is 0 Å². The average Bonchev–Trinajstić information content (AvgIpc) is 2.89. The molecule has 0 bridgehead atoms. The van der Waals surface area contributed by atoms with Gasteiger partial charge in [-0.2, -0.15) is 0 Å². The lowest BCUT2D eigenvalue weighted by Crippen LogP contribution is -2.18. The third-order valence-corrected chi connectivity index (χ3v) is 3.78. The highest BCUT2D eigenvalue weighted by Crippen LogP contribution is 2.26. The molecule has 0 saturated carbocycles. The van der Waals surface area contributed by atoms with E-state index in [9.17, 15) is 0 Å². The minimum absolute atomic E-state index is 0.116. The number of imidazole rings is 1. The molecule has 2 heterocycles. The van der Waals surface area contributed by atoms with Gasteiger partial charge in [-0.15, -0.1) is 0 Å². The predicted octanol–water partition coefficient (Wildman–Crippen LogP) is 2.93. The Bertz CT molecular complexity index is 718. The second kappa shape index (κ2) is 6.06. The van der Waals surface area contributed by atoms with Crippen molar-refractivity contribution < 1.29 is 0 Å². The Morgan fingerprint density at radius 2 is 2.00 bits per heavy atom. The highest BCUT2D eigenvalue weighted by atomic mass is 15.1. The molecule has 1 aromatic carbocycles. The predicted molar refractivity (Wildman–Crippen MR) is 85.2 cm³/mol. The van der Waals surface area contributed by atoms with E-state index < -0.39 is 0 Å². The van der Waals surface area contributed by atoms with Gasteiger partial charge in [0.15, 0.2) is 0 Å². The van der Waals surface area contributed by atoms with E-state index in [4.69, 9.17) is 10.7 Å². The van der Waals surface area contributed by atoms with Gasteiger partial charge in [0.1, 0.15) is 11.3 Å². The first kappa shape index (κ1) is 13.8. The molecular weight excluding hydrogens is 260 g/mol. The molecule has 0 aliphatic carbocycles. The first-order chi connectivity index (χ1) is 10.3. The van der Waals surface area contributed by atoms with Crippen LogP contribution in [0.1, 0.15) is 30.7 Å². The lowest BCUT2D eigenvalue weighted by atomic mass is 9.98. The SMILES string of the molecule is CCCn1c(C(CN)c2ccccc2)nc2cnccc21. The number of aromatic nitrogens is 3. The number of nitrogens with two attached hydrogens (primary N) is 1. The smallest absolute Gasteiger partial charge is 0.118 e. The number of hydrogen-bond donors (Lipinski definition) is 1. The summed E-state index contributed by atoms with van der Waals surface area (Å²) in [4.78, 5) is 8.98. The van der Waals surface area contributed by atoms with Crippen LogP contribution in [0.3, 0.4) is 0 Å². The van der Waals surface area contributed by atoms with Gasteiger partial charge in [-0.1, -0.05) is 37.3 Å². The van der Waals surface area contributed by atoms with Crippen LogP contribution in [0, 0.1) is 0 Å².